The highest BCUT2D eigenvalue weighted by atomic mass is 16.5. The number of hydrogen-bond donors (Lipinski definition) is 3. The van der Waals surface area contributed by atoms with E-state index in [0.29, 0.717) is 19.4 Å². The Morgan fingerprint density at radius 1 is 1.28 bits per heavy atom. The Bertz CT molecular complexity index is 703. The van der Waals surface area contributed by atoms with Crippen LogP contribution in [0.25, 0.3) is 0 Å². The largest absolute Gasteiger partial charge is 0.396 e. The molecule has 3 N–H and O–H groups in total. The maximum absolute atomic E-state index is 11.5. The van der Waals surface area contributed by atoms with Crippen LogP contribution in [0.3, 0.4) is 0 Å². The van der Waals surface area contributed by atoms with E-state index in [0.717, 1.165) is 32.1 Å². The standard InChI is InChI=1S/C27H41NO4/c1-3-28-27(31)14-10-5-4-9-13-25-24(22(20-29)19-26(25)32-2)18-17-23(30)16-15-21-11-7-6-8-12-21/h4,6-9,11-12,17-18,22-26,29-30H,3,5,10,13-16,19-20H2,1-2H3,(H,28,31). The minimum absolute atomic E-state index is 0.100. The van der Waals surface area contributed by atoms with E-state index in [4.69, 9.17) is 4.74 Å². The topological polar surface area (TPSA) is 78.8 Å². The summed E-state index contributed by atoms with van der Waals surface area (Å²) in [4.78, 5) is 11.5. The highest BCUT2D eigenvalue weighted by Crippen LogP contribution is 2.41. The van der Waals surface area contributed by atoms with Crippen molar-refractivity contribution in [2.24, 2.45) is 17.8 Å². The van der Waals surface area contributed by atoms with Crippen molar-refractivity contribution in [3.63, 3.8) is 0 Å². The van der Waals surface area contributed by atoms with Crippen LogP contribution in [0.1, 0.15) is 51.0 Å². The van der Waals surface area contributed by atoms with Gasteiger partial charge >= 0.3 is 0 Å². The second kappa shape index (κ2) is 15.0. The molecule has 0 spiro atoms. The summed E-state index contributed by atoms with van der Waals surface area (Å²) < 4.78 is 5.74. The molecule has 1 amide bonds. The lowest BCUT2D eigenvalue weighted by molar-refractivity contribution is -0.121. The van der Waals surface area contributed by atoms with Crippen molar-refractivity contribution >= 4 is 5.91 Å². The number of aryl methyl sites for hydroxylation is 1. The monoisotopic (exact) mass is 443 g/mol. The van der Waals surface area contributed by atoms with Crippen LogP contribution >= 0.6 is 0 Å². The summed E-state index contributed by atoms with van der Waals surface area (Å²) in [6.07, 6.45) is 13.4. The van der Waals surface area contributed by atoms with E-state index >= 15 is 0 Å². The van der Waals surface area contributed by atoms with Crippen LogP contribution in [0.15, 0.2) is 54.6 Å². The Morgan fingerprint density at radius 2 is 2.06 bits per heavy atom. The molecule has 0 saturated heterocycles. The molecule has 0 aliphatic heterocycles. The summed E-state index contributed by atoms with van der Waals surface area (Å²) >= 11 is 0. The molecule has 0 bridgehead atoms. The first-order chi connectivity index (χ1) is 15.6. The fraction of sp³-hybridized carbons (Fsp3) is 0.593. The van der Waals surface area contributed by atoms with Gasteiger partial charge in [-0.15, -0.1) is 0 Å². The molecule has 1 saturated carbocycles. The van der Waals surface area contributed by atoms with Gasteiger partial charge in [-0.05, 0) is 68.8 Å². The fourth-order valence-corrected chi connectivity index (χ4v) is 4.65. The van der Waals surface area contributed by atoms with Crippen molar-refractivity contribution in [1.82, 2.24) is 5.32 Å². The molecule has 0 radical (unpaired) electrons. The van der Waals surface area contributed by atoms with E-state index in [2.05, 4.69) is 35.7 Å². The van der Waals surface area contributed by atoms with Gasteiger partial charge in [0, 0.05) is 26.7 Å². The Kier molecular flexibility index (Phi) is 12.3. The number of nitrogens with one attached hydrogen (secondary N) is 1. The lowest BCUT2D eigenvalue weighted by Crippen LogP contribution is -2.22. The maximum Gasteiger partial charge on any atom is 0.219 e. The summed E-state index contributed by atoms with van der Waals surface area (Å²) in [7, 11) is 1.74. The minimum Gasteiger partial charge on any atom is -0.396 e. The lowest BCUT2D eigenvalue weighted by Gasteiger charge is -2.22. The molecule has 2 rings (SSSR count). The third-order valence-corrected chi connectivity index (χ3v) is 6.44. The van der Waals surface area contributed by atoms with E-state index in [1.165, 1.54) is 5.56 Å². The van der Waals surface area contributed by atoms with Gasteiger partial charge in [-0.25, -0.2) is 0 Å². The first-order valence-electron chi connectivity index (χ1n) is 12.0. The lowest BCUT2D eigenvalue weighted by atomic mass is 9.86. The van der Waals surface area contributed by atoms with Gasteiger partial charge in [0.1, 0.15) is 0 Å². The highest BCUT2D eigenvalue weighted by Gasteiger charge is 2.41. The molecule has 0 aromatic heterocycles. The van der Waals surface area contributed by atoms with Gasteiger partial charge < -0.3 is 20.3 Å². The summed E-state index contributed by atoms with van der Waals surface area (Å²) in [5.74, 6) is 0.706. The van der Waals surface area contributed by atoms with E-state index in [9.17, 15) is 15.0 Å². The number of aliphatic hydroxyl groups excluding tert-OH is 2. The van der Waals surface area contributed by atoms with Crippen LogP contribution < -0.4 is 5.32 Å². The average molecular weight is 444 g/mol. The van der Waals surface area contributed by atoms with Gasteiger partial charge in [-0.1, -0.05) is 54.6 Å². The van der Waals surface area contributed by atoms with E-state index in [1.54, 1.807) is 7.11 Å². The molecule has 5 unspecified atom stereocenters. The fourth-order valence-electron chi connectivity index (χ4n) is 4.65. The number of carbonyl (C=O) groups excluding carboxylic acids is 1. The number of methoxy groups -OCH3 is 1. The van der Waals surface area contributed by atoms with E-state index < -0.39 is 6.10 Å². The van der Waals surface area contributed by atoms with Crippen LogP contribution in [0.2, 0.25) is 0 Å². The molecule has 1 aliphatic rings. The molecular formula is C27H41NO4. The maximum atomic E-state index is 11.5. The number of unbranched alkanes of at least 4 members (excludes halogenated alkanes) is 1. The number of carbonyl (C=O) groups is 1. The summed E-state index contributed by atoms with van der Waals surface area (Å²) in [5, 5.41) is 23.2. The van der Waals surface area contributed by atoms with Gasteiger partial charge in [-0.2, -0.15) is 0 Å². The number of hydrogen-bond acceptors (Lipinski definition) is 4. The zero-order chi connectivity index (χ0) is 23.2. The number of rotatable bonds is 14. The Hall–Kier alpha value is -1.95. The number of benzene rings is 1. The molecule has 1 aromatic carbocycles. The van der Waals surface area contributed by atoms with Crippen molar-refractivity contribution in [2.75, 3.05) is 20.3 Å². The SMILES string of the molecule is CCNC(=O)CCCC=CCC1C(OC)CC(CO)C1C=CC(O)CCc1ccccc1. The molecule has 32 heavy (non-hydrogen) atoms. The normalized spacial score (nSPS) is 24.4. The van der Waals surface area contributed by atoms with Crippen LogP contribution in [0, 0.1) is 17.8 Å². The van der Waals surface area contributed by atoms with Gasteiger partial charge in [0.05, 0.1) is 12.2 Å². The van der Waals surface area contributed by atoms with Gasteiger partial charge in [-0.3, -0.25) is 4.79 Å². The average Bonchev–Trinajstić information content (AvgIpc) is 3.16. The third kappa shape index (κ3) is 8.89. The van der Waals surface area contributed by atoms with Crippen molar-refractivity contribution in [2.45, 2.75) is 64.1 Å². The Labute approximate surface area is 193 Å². The molecular weight excluding hydrogens is 402 g/mol. The molecule has 5 heteroatoms. The first-order valence-corrected chi connectivity index (χ1v) is 12.0. The van der Waals surface area contributed by atoms with Gasteiger partial charge in [0.15, 0.2) is 0 Å². The Balaban J connectivity index is 1.88. The van der Waals surface area contributed by atoms with Crippen LogP contribution in [0.4, 0.5) is 0 Å². The number of allylic oxidation sites excluding steroid dienone is 3. The predicted octanol–water partition coefficient (Wildman–Crippen LogP) is 4.05. The highest BCUT2D eigenvalue weighted by molar-refractivity contribution is 5.75. The van der Waals surface area contributed by atoms with Gasteiger partial charge in [0.25, 0.3) is 0 Å². The number of ether oxygens (including phenoxy) is 1. The van der Waals surface area contributed by atoms with Crippen molar-refractivity contribution in [1.29, 1.82) is 0 Å². The zero-order valence-corrected chi connectivity index (χ0v) is 19.7. The molecule has 0 heterocycles. The van der Waals surface area contributed by atoms with Crippen LogP contribution in [0.5, 0.6) is 0 Å². The second-order valence-corrected chi connectivity index (χ2v) is 8.72. The number of amides is 1. The summed E-state index contributed by atoms with van der Waals surface area (Å²) in [6.45, 7) is 2.73. The zero-order valence-electron chi connectivity index (χ0n) is 19.7. The van der Waals surface area contributed by atoms with Crippen LogP contribution in [-0.4, -0.2) is 48.6 Å². The number of aliphatic hydroxyl groups is 2. The molecule has 5 atom stereocenters. The van der Waals surface area contributed by atoms with Crippen molar-refractivity contribution in [3.05, 3.63) is 60.2 Å². The third-order valence-electron chi connectivity index (χ3n) is 6.44. The summed E-state index contributed by atoms with van der Waals surface area (Å²) in [6, 6.07) is 10.2. The van der Waals surface area contributed by atoms with Crippen molar-refractivity contribution in [3.8, 4) is 0 Å². The molecule has 5 nitrogen and oxygen atoms in total. The first kappa shape index (κ1) is 26.3. The van der Waals surface area contributed by atoms with E-state index in [1.807, 2.05) is 31.2 Å². The molecule has 1 aliphatic carbocycles. The molecule has 1 aromatic rings. The van der Waals surface area contributed by atoms with Gasteiger partial charge in [0.2, 0.25) is 5.91 Å². The Morgan fingerprint density at radius 3 is 2.75 bits per heavy atom. The second-order valence-electron chi connectivity index (χ2n) is 8.72. The van der Waals surface area contributed by atoms with Crippen molar-refractivity contribution < 1.29 is 19.7 Å². The molecule has 178 valence electrons. The predicted molar refractivity (Wildman–Crippen MR) is 129 cm³/mol. The summed E-state index contributed by atoms with van der Waals surface area (Å²) in [5.41, 5.74) is 1.23. The quantitative estimate of drug-likeness (QED) is 0.299. The molecule has 1 fully saturated rings. The minimum atomic E-state index is -0.499. The smallest absolute Gasteiger partial charge is 0.219 e. The van der Waals surface area contributed by atoms with E-state index in [-0.39, 0.29) is 36.4 Å². The van der Waals surface area contributed by atoms with Crippen LogP contribution in [-0.2, 0) is 16.0 Å².